The van der Waals surface area contributed by atoms with Crippen LogP contribution in [-0.2, 0) is 14.3 Å². The van der Waals surface area contributed by atoms with Crippen LogP contribution in [0.2, 0.25) is 0 Å². The normalized spacial score (nSPS) is 13.3. The molecule has 0 aromatic rings. The third kappa shape index (κ3) is 46.9. The van der Waals surface area contributed by atoms with Gasteiger partial charge in [0, 0.05) is 6.42 Å². The Balaban J connectivity index is 4.49. The number of carbonyl (C=O) groups is 2. The largest absolute Gasteiger partial charge is 0.462 e. The minimum absolute atomic E-state index is 0.0782. The first-order chi connectivity index (χ1) is 31.5. The average Bonchev–Trinajstić information content (AvgIpc) is 3.29. The predicted octanol–water partition coefficient (Wildman–Crippen LogP) is 17.5. The Labute approximate surface area is 399 Å². The second-order valence-electron chi connectivity index (χ2n) is 19.7. The molecule has 0 bridgehead atoms. The average molecular weight is 903 g/mol. The van der Waals surface area contributed by atoms with Gasteiger partial charge in [-0.3, -0.25) is 9.59 Å². The molecule has 0 aromatic heterocycles. The number of rotatable bonds is 52. The number of hydrogen-bond acceptors (Lipinski definition) is 5. The third-order valence-corrected chi connectivity index (χ3v) is 13.3. The Bertz CT molecular complexity index is 1010. The van der Waals surface area contributed by atoms with Crippen molar-refractivity contribution in [3.05, 3.63) is 24.3 Å². The quantitative estimate of drug-likeness (QED) is 0.0321. The highest BCUT2D eigenvalue weighted by Crippen LogP contribution is 2.18. The Morgan fingerprint density at radius 2 is 0.750 bits per heavy atom. The lowest BCUT2D eigenvalue weighted by Gasteiger charge is -2.24. The molecule has 378 valence electrons. The van der Waals surface area contributed by atoms with E-state index in [1.165, 1.54) is 205 Å². The standard InChI is InChI=1S/C58H111NO5/c1-4-7-10-13-16-19-21-23-25-27-28-30-32-34-36-39-42-45-48-51-58(63)64-54(49-46-43-40-38-35-33-31-29-26-24-22-20-17-14-11-8-5-2)52-57(62)59-55(53-60)56(61)50-47-44-41-37-18-15-12-9-6-3/h23-26,54-56,60-61H,4-22,27-53H2,1-3H3,(H,59,62)/b25-23+,26-24+. The molecular formula is C58H111NO5. The summed E-state index contributed by atoms with van der Waals surface area (Å²) in [6.45, 7) is 6.49. The number of unbranched alkanes of at least 4 members (excludes halogenated alkanes) is 36. The van der Waals surface area contributed by atoms with Crippen LogP contribution >= 0.6 is 0 Å². The number of amides is 1. The molecule has 0 aliphatic carbocycles. The molecule has 64 heavy (non-hydrogen) atoms. The molecule has 3 atom stereocenters. The van der Waals surface area contributed by atoms with Gasteiger partial charge in [-0.15, -0.1) is 0 Å². The highest BCUT2D eigenvalue weighted by atomic mass is 16.5. The Kier molecular flexibility index (Phi) is 51.0. The zero-order chi connectivity index (χ0) is 46.7. The van der Waals surface area contributed by atoms with Gasteiger partial charge in [-0.25, -0.2) is 0 Å². The molecule has 0 rings (SSSR count). The topological polar surface area (TPSA) is 95.9 Å². The van der Waals surface area contributed by atoms with E-state index in [1.54, 1.807) is 0 Å². The first-order valence-electron chi connectivity index (χ1n) is 28.6. The number of allylic oxidation sites excluding steroid dienone is 4. The van der Waals surface area contributed by atoms with Crippen LogP contribution in [0.4, 0.5) is 0 Å². The Morgan fingerprint density at radius 3 is 1.11 bits per heavy atom. The summed E-state index contributed by atoms with van der Waals surface area (Å²) in [6.07, 6.45) is 61.1. The van der Waals surface area contributed by atoms with E-state index >= 15 is 0 Å². The van der Waals surface area contributed by atoms with Crippen molar-refractivity contribution in [1.29, 1.82) is 0 Å². The number of aliphatic hydroxyl groups is 2. The minimum atomic E-state index is -0.785. The second-order valence-corrected chi connectivity index (χ2v) is 19.7. The van der Waals surface area contributed by atoms with Crippen molar-refractivity contribution in [3.63, 3.8) is 0 Å². The van der Waals surface area contributed by atoms with Crippen molar-refractivity contribution in [2.75, 3.05) is 6.61 Å². The number of hydrogen-bond donors (Lipinski definition) is 3. The zero-order valence-corrected chi connectivity index (χ0v) is 43.2. The van der Waals surface area contributed by atoms with Crippen LogP contribution in [0.15, 0.2) is 24.3 Å². The van der Waals surface area contributed by atoms with Crippen molar-refractivity contribution in [2.24, 2.45) is 0 Å². The summed E-state index contributed by atoms with van der Waals surface area (Å²) in [5.74, 6) is -0.465. The highest BCUT2D eigenvalue weighted by molar-refractivity contribution is 5.77. The van der Waals surface area contributed by atoms with Gasteiger partial charge in [-0.2, -0.15) is 0 Å². The summed E-state index contributed by atoms with van der Waals surface area (Å²) in [7, 11) is 0. The lowest BCUT2D eigenvalue weighted by molar-refractivity contribution is -0.151. The van der Waals surface area contributed by atoms with Crippen LogP contribution in [0.1, 0.15) is 310 Å². The van der Waals surface area contributed by atoms with Crippen molar-refractivity contribution >= 4 is 11.9 Å². The van der Waals surface area contributed by atoms with Gasteiger partial charge < -0.3 is 20.3 Å². The molecule has 3 N–H and O–H groups in total. The molecule has 0 aliphatic heterocycles. The van der Waals surface area contributed by atoms with Gasteiger partial charge in [0.05, 0.1) is 25.2 Å². The summed E-state index contributed by atoms with van der Waals surface area (Å²) >= 11 is 0. The van der Waals surface area contributed by atoms with Gasteiger partial charge in [-0.05, 0) is 77.0 Å². The van der Waals surface area contributed by atoms with E-state index in [9.17, 15) is 19.8 Å². The fourth-order valence-corrected chi connectivity index (χ4v) is 8.89. The number of aliphatic hydroxyl groups excluding tert-OH is 2. The van der Waals surface area contributed by atoms with E-state index in [1.807, 2.05) is 0 Å². The molecule has 0 fully saturated rings. The molecule has 0 saturated heterocycles. The van der Waals surface area contributed by atoms with E-state index in [-0.39, 0.29) is 24.9 Å². The van der Waals surface area contributed by atoms with Crippen LogP contribution in [0, 0.1) is 0 Å². The lowest BCUT2D eigenvalue weighted by Crippen LogP contribution is -2.46. The highest BCUT2D eigenvalue weighted by Gasteiger charge is 2.24. The summed E-state index contributed by atoms with van der Waals surface area (Å²) < 4.78 is 5.96. The monoisotopic (exact) mass is 902 g/mol. The van der Waals surface area contributed by atoms with Crippen LogP contribution in [0.5, 0.6) is 0 Å². The van der Waals surface area contributed by atoms with Crippen LogP contribution in [0.25, 0.3) is 0 Å². The molecule has 6 nitrogen and oxygen atoms in total. The SMILES string of the molecule is CCCCCCCC/C=C/CCCCCCCCCCCC(=O)OC(CCCCCCCCC/C=C/CCCCCCCC)CC(=O)NC(CO)C(O)CCCCCCCCCCC. The number of nitrogens with one attached hydrogen (secondary N) is 1. The third-order valence-electron chi connectivity index (χ3n) is 13.3. The molecule has 0 aromatic carbocycles. The molecule has 0 heterocycles. The fraction of sp³-hybridized carbons (Fsp3) is 0.897. The van der Waals surface area contributed by atoms with E-state index in [2.05, 4.69) is 50.4 Å². The molecule has 3 unspecified atom stereocenters. The molecule has 1 amide bonds. The number of ether oxygens (including phenoxy) is 1. The molecule has 0 radical (unpaired) electrons. The Morgan fingerprint density at radius 1 is 0.438 bits per heavy atom. The van der Waals surface area contributed by atoms with Gasteiger partial charge in [-0.1, -0.05) is 244 Å². The van der Waals surface area contributed by atoms with Crippen LogP contribution < -0.4 is 5.32 Å². The van der Waals surface area contributed by atoms with Crippen LogP contribution in [-0.4, -0.2) is 46.9 Å². The summed E-state index contributed by atoms with van der Waals surface area (Å²) in [5, 5.41) is 23.8. The summed E-state index contributed by atoms with van der Waals surface area (Å²) in [5.41, 5.74) is 0. The van der Waals surface area contributed by atoms with Gasteiger partial charge >= 0.3 is 5.97 Å². The maximum Gasteiger partial charge on any atom is 0.306 e. The van der Waals surface area contributed by atoms with Crippen molar-refractivity contribution < 1.29 is 24.5 Å². The Hall–Kier alpha value is -1.66. The second kappa shape index (κ2) is 52.3. The van der Waals surface area contributed by atoms with Crippen molar-refractivity contribution in [2.45, 2.75) is 328 Å². The van der Waals surface area contributed by atoms with E-state index in [0.29, 0.717) is 19.3 Å². The van der Waals surface area contributed by atoms with E-state index in [0.717, 1.165) is 57.8 Å². The molecule has 0 saturated carbocycles. The summed E-state index contributed by atoms with van der Waals surface area (Å²) in [6, 6.07) is -0.699. The number of carbonyl (C=O) groups excluding carboxylic acids is 2. The summed E-state index contributed by atoms with van der Waals surface area (Å²) in [4.78, 5) is 26.2. The minimum Gasteiger partial charge on any atom is -0.462 e. The number of esters is 1. The predicted molar refractivity (Wildman–Crippen MR) is 278 cm³/mol. The van der Waals surface area contributed by atoms with Crippen LogP contribution in [0.3, 0.4) is 0 Å². The smallest absolute Gasteiger partial charge is 0.306 e. The fourth-order valence-electron chi connectivity index (χ4n) is 8.89. The van der Waals surface area contributed by atoms with E-state index < -0.39 is 18.2 Å². The first kappa shape index (κ1) is 62.3. The maximum absolute atomic E-state index is 13.2. The van der Waals surface area contributed by atoms with Crippen molar-refractivity contribution in [1.82, 2.24) is 5.32 Å². The zero-order valence-electron chi connectivity index (χ0n) is 43.2. The maximum atomic E-state index is 13.2. The first-order valence-corrected chi connectivity index (χ1v) is 28.6. The van der Waals surface area contributed by atoms with Gasteiger partial charge in [0.1, 0.15) is 6.10 Å². The van der Waals surface area contributed by atoms with E-state index in [4.69, 9.17) is 4.74 Å². The van der Waals surface area contributed by atoms with Gasteiger partial charge in [0.25, 0.3) is 0 Å². The molecular weight excluding hydrogens is 791 g/mol. The molecule has 0 aliphatic rings. The molecule has 0 spiro atoms. The van der Waals surface area contributed by atoms with Gasteiger partial charge in [0.15, 0.2) is 0 Å². The molecule has 6 heteroatoms. The lowest BCUT2D eigenvalue weighted by atomic mass is 10.0. The van der Waals surface area contributed by atoms with Gasteiger partial charge in [0.2, 0.25) is 5.91 Å². The van der Waals surface area contributed by atoms with Crippen molar-refractivity contribution in [3.8, 4) is 0 Å².